The highest BCUT2D eigenvalue weighted by atomic mass is 16.2. The Hall–Kier alpha value is -3.90. The van der Waals surface area contributed by atoms with Crippen molar-refractivity contribution < 1.29 is 4.79 Å². The Morgan fingerprint density at radius 3 is 2.54 bits per heavy atom. The summed E-state index contributed by atoms with van der Waals surface area (Å²) in [6, 6.07) is 17.8. The summed E-state index contributed by atoms with van der Waals surface area (Å²) in [4.78, 5) is 20.4. The number of hydrogen-bond donors (Lipinski definition) is 0. The first-order chi connectivity index (χ1) is 12.7. The van der Waals surface area contributed by atoms with Crippen molar-refractivity contribution in [3.05, 3.63) is 66.5 Å². The van der Waals surface area contributed by atoms with E-state index in [1.54, 1.807) is 41.6 Å². The fourth-order valence-electron chi connectivity index (χ4n) is 3.19. The molecule has 6 nitrogen and oxygen atoms in total. The first-order valence-corrected chi connectivity index (χ1v) is 8.06. The van der Waals surface area contributed by atoms with E-state index >= 15 is 0 Å². The van der Waals surface area contributed by atoms with Crippen LogP contribution in [0.4, 0.5) is 16.2 Å². The third-order valence-corrected chi connectivity index (χ3v) is 4.47. The van der Waals surface area contributed by atoms with E-state index in [-0.39, 0.29) is 12.6 Å². The van der Waals surface area contributed by atoms with E-state index in [1.807, 2.05) is 24.3 Å². The van der Waals surface area contributed by atoms with Gasteiger partial charge in [0.25, 0.3) is 0 Å². The number of nitrogens with zero attached hydrogens (tertiary/aromatic N) is 5. The number of urea groups is 1. The molecule has 6 heteroatoms. The Balaban J connectivity index is 1.77. The molecule has 0 N–H and O–H groups in total. The van der Waals surface area contributed by atoms with Gasteiger partial charge in [-0.3, -0.25) is 14.8 Å². The number of amides is 2. The minimum absolute atomic E-state index is 0.254. The number of carbonyl (C=O) groups excluding carboxylic acids is 1. The molecule has 124 valence electrons. The Morgan fingerprint density at radius 2 is 1.81 bits per heavy atom. The van der Waals surface area contributed by atoms with Gasteiger partial charge < -0.3 is 0 Å². The minimum Gasteiger partial charge on any atom is -0.291 e. The van der Waals surface area contributed by atoms with Crippen molar-refractivity contribution in [3.63, 3.8) is 0 Å². The standard InChI is InChI=1S/C20H13N5O/c21-9-14-5-7-16(8-6-14)24-13-17(10-22)25(20(24)26)19-12-23-11-15-3-1-2-4-18(15)19/h1-8,11-12,17H,13H2/t17-/m0/s1. The molecule has 3 aromatic rings. The van der Waals surface area contributed by atoms with Gasteiger partial charge in [-0.2, -0.15) is 10.5 Å². The van der Waals surface area contributed by atoms with Gasteiger partial charge in [0.2, 0.25) is 0 Å². The molecule has 0 bridgehead atoms. The zero-order chi connectivity index (χ0) is 18.1. The molecule has 2 aromatic carbocycles. The second-order valence-corrected chi connectivity index (χ2v) is 5.95. The molecule has 1 aromatic heterocycles. The smallest absolute Gasteiger partial charge is 0.291 e. The van der Waals surface area contributed by atoms with Gasteiger partial charge in [-0.25, -0.2) is 4.79 Å². The summed E-state index contributed by atoms with van der Waals surface area (Å²) < 4.78 is 0. The van der Waals surface area contributed by atoms with Crippen LogP contribution in [0, 0.1) is 22.7 Å². The zero-order valence-electron chi connectivity index (χ0n) is 13.7. The topological polar surface area (TPSA) is 84.0 Å². The van der Waals surface area contributed by atoms with Crippen LogP contribution >= 0.6 is 0 Å². The summed E-state index contributed by atoms with van der Waals surface area (Å²) in [5, 5.41) is 20.3. The summed E-state index contributed by atoms with van der Waals surface area (Å²) in [6.45, 7) is 0.254. The SMILES string of the molecule is N#Cc1ccc(N2C[C@H](C#N)N(c3cncc4ccccc34)C2=O)cc1. The molecule has 1 saturated heterocycles. The summed E-state index contributed by atoms with van der Waals surface area (Å²) in [5.74, 6) is 0. The van der Waals surface area contributed by atoms with Crippen LogP contribution in [0.25, 0.3) is 10.8 Å². The van der Waals surface area contributed by atoms with Gasteiger partial charge in [0.1, 0.15) is 6.04 Å². The minimum atomic E-state index is -0.620. The van der Waals surface area contributed by atoms with Crippen LogP contribution in [0.2, 0.25) is 0 Å². The highest BCUT2D eigenvalue weighted by molar-refractivity contribution is 6.11. The lowest BCUT2D eigenvalue weighted by atomic mass is 10.1. The number of anilines is 2. The highest BCUT2D eigenvalue weighted by Gasteiger charge is 2.40. The number of nitriles is 2. The van der Waals surface area contributed by atoms with Crippen LogP contribution in [-0.4, -0.2) is 23.6 Å². The molecule has 26 heavy (non-hydrogen) atoms. The fourth-order valence-corrected chi connectivity index (χ4v) is 3.19. The zero-order valence-corrected chi connectivity index (χ0v) is 13.7. The van der Waals surface area contributed by atoms with Gasteiger partial charge in [-0.15, -0.1) is 0 Å². The van der Waals surface area contributed by atoms with Crippen molar-refractivity contribution >= 4 is 28.2 Å². The number of aromatic nitrogens is 1. The average Bonchev–Trinajstić information content (AvgIpc) is 3.04. The first-order valence-electron chi connectivity index (χ1n) is 8.06. The van der Waals surface area contributed by atoms with E-state index in [4.69, 9.17) is 5.26 Å². The van der Waals surface area contributed by atoms with Crippen LogP contribution < -0.4 is 9.80 Å². The lowest BCUT2D eigenvalue weighted by molar-refractivity contribution is 0.255. The lowest BCUT2D eigenvalue weighted by Gasteiger charge is -2.21. The number of carbonyl (C=O) groups is 1. The van der Waals surface area contributed by atoms with Gasteiger partial charge in [-0.05, 0) is 24.3 Å². The van der Waals surface area contributed by atoms with Crippen LogP contribution in [-0.2, 0) is 0 Å². The van der Waals surface area contributed by atoms with E-state index in [2.05, 4.69) is 17.1 Å². The number of benzene rings is 2. The molecule has 1 atom stereocenters. The summed E-state index contributed by atoms with van der Waals surface area (Å²) in [5.41, 5.74) is 1.80. The van der Waals surface area contributed by atoms with E-state index in [0.29, 0.717) is 16.9 Å². The molecule has 0 saturated carbocycles. The van der Waals surface area contributed by atoms with Gasteiger partial charge in [0.15, 0.2) is 0 Å². The maximum Gasteiger partial charge on any atom is 0.330 e. The molecule has 1 aliphatic heterocycles. The molecule has 1 aliphatic rings. The van der Waals surface area contributed by atoms with Crippen LogP contribution in [0.15, 0.2) is 60.9 Å². The van der Waals surface area contributed by atoms with E-state index in [1.165, 1.54) is 4.90 Å². The van der Waals surface area contributed by atoms with Crippen LogP contribution in [0.3, 0.4) is 0 Å². The molecule has 0 aliphatic carbocycles. The highest BCUT2D eigenvalue weighted by Crippen LogP contribution is 2.33. The number of pyridine rings is 1. The van der Waals surface area contributed by atoms with E-state index in [0.717, 1.165) is 10.8 Å². The van der Waals surface area contributed by atoms with Crippen molar-refractivity contribution in [2.75, 3.05) is 16.3 Å². The third kappa shape index (κ3) is 2.42. The molecule has 0 unspecified atom stereocenters. The first kappa shape index (κ1) is 15.6. The summed E-state index contributed by atoms with van der Waals surface area (Å²) in [6.07, 6.45) is 3.35. The van der Waals surface area contributed by atoms with Gasteiger partial charge in [0, 0.05) is 22.7 Å². The quantitative estimate of drug-likeness (QED) is 0.716. The van der Waals surface area contributed by atoms with Crippen LogP contribution in [0.5, 0.6) is 0 Å². The Labute approximate surface area is 150 Å². The molecular weight excluding hydrogens is 326 g/mol. The lowest BCUT2D eigenvalue weighted by Crippen LogP contribution is -2.34. The second kappa shape index (κ2) is 6.19. The van der Waals surface area contributed by atoms with Crippen molar-refractivity contribution in [2.24, 2.45) is 0 Å². The fraction of sp³-hybridized carbons (Fsp3) is 0.100. The number of fused-ring (bicyclic) bond motifs is 1. The van der Waals surface area contributed by atoms with E-state index in [9.17, 15) is 10.1 Å². The molecule has 4 rings (SSSR count). The molecule has 0 spiro atoms. The largest absolute Gasteiger partial charge is 0.330 e. The maximum atomic E-state index is 13.1. The van der Waals surface area contributed by atoms with Crippen molar-refractivity contribution in [2.45, 2.75) is 6.04 Å². The van der Waals surface area contributed by atoms with Crippen molar-refractivity contribution in [3.8, 4) is 12.1 Å². The normalized spacial score (nSPS) is 16.5. The van der Waals surface area contributed by atoms with Crippen molar-refractivity contribution in [1.82, 2.24) is 4.98 Å². The predicted octanol–water partition coefficient (Wildman–Crippen LogP) is 3.45. The molecule has 1 fully saturated rings. The molecular formula is C20H13N5O. The monoisotopic (exact) mass is 339 g/mol. The van der Waals surface area contributed by atoms with Gasteiger partial charge in [0.05, 0.1) is 36.1 Å². The Kier molecular flexibility index (Phi) is 3.72. The third-order valence-electron chi connectivity index (χ3n) is 4.47. The Morgan fingerprint density at radius 1 is 1.04 bits per heavy atom. The van der Waals surface area contributed by atoms with Gasteiger partial charge >= 0.3 is 6.03 Å². The molecule has 0 radical (unpaired) electrons. The van der Waals surface area contributed by atoms with E-state index < -0.39 is 6.04 Å². The average molecular weight is 339 g/mol. The predicted molar refractivity (Wildman–Crippen MR) is 97.5 cm³/mol. The van der Waals surface area contributed by atoms with Crippen molar-refractivity contribution in [1.29, 1.82) is 10.5 Å². The molecule has 2 heterocycles. The summed E-state index contributed by atoms with van der Waals surface area (Å²) >= 11 is 0. The Bertz CT molecular complexity index is 1070. The molecule has 2 amide bonds. The van der Waals surface area contributed by atoms with Gasteiger partial charge in [-0.1, -0.05) is 24.3 Å². The maximum absolute atomic E-state index is 13.1. The number of rotatable bonds is 2. The van der Waals surface area contributed by atoms with Crippen LogP contribution in [0.1, 0.15) is 5.56 Å². The number of hydrogen-bond acceptors (Lipinski definition) is 4. The summed E-state index contributed by atoms with van der Waals surface area (Å²) in [7, 11) is 0. The second-order valence-electron chi connectivity index (χ2n) is 5.95.